The number of pyridine rings is 1. The Morgan fingerprint density at radius 1 is 1.30 bits per heavy atom. The summed E-state index contributed by atoms with van der Waals surface area (Å²) >= 11 is 0. The van der Waals surface area contributed by atoms with Gasteiger partial charge in [0.15, 0.2) is 0 Å². The molecular weight excluding hydrogens is 316 g/mol. The molecule has 2 aromatic heterocycles. The summed E-state index contributed by atoms with van der Waals surface area (Å²) in [4.78, 5) is 4.01. The van der Waals surface area contributed by atoms with E-state index in [9.17, 15) is 8.42 Å². The number of sulfonamides is 1. The van der Waals surface area contributed by atoms with Crippen LogP contribution in [0.4, 0.5) is 0 Å². The Labute approximate surface area is 135 Å². The van der Waals surface area contributed by atoms with Crippen LogP contribution in [0.3, 0.4) is 0 Å². The lowest BCUT2D eigenvalue weighted by Crippen LogP contribution is -2.36. The number of ether oxygens (including phenoxy) is 1. The van der Waals surface area contributed by atoms with Crippen LogP contribution in [-0.2, 0) is 23.1 Å². The van der Waals surface area contributed by atoms with Crippen LogP contribution in [0.2, 0.25) is 0 Å². The zero-order chi connectivity index (χ0) is 16.3. The third-order valence-electron chi connectivity index (χ3n) is 3.91. The van der Waals surface area contributed by atoms with Crippen LogP contribution in [-0.4, -0.2) is 46.4 Å². The average molecular weight is 336 g/mol. The fourth-order valence-electron chi connectivity index (χ4n) is 2.64. The van der Waals surface area contributed by atoms with Gasteiger partial charge in [-0.2, -0.15) is 9.40 Å². The van der Waals surface area contributed by atoms with Crippen molar-refractivity contribution in [1.29, 1.82) is 0 Å². The summed E-state index contributed by atoms with van der Waals surface area (Å²) in [6, 6.07) is 5.51. The van der Waals surface area contributed by atoms with Gasteiger partial charge in [0.05, 0.1) is 30.8 Å². The molecule has 7 nitrogen and oxygen atoms in total. The van der Waals surface area contributed by atoms with E-state index in [1.807, 2.05) is 22.9 Å². The highest BCUT2D eigenvalue weighted by Gasteiger charge is 2.29. The van der Waals surface area contributed by atoms with Crippen LogP contribution in [0.5, 0.6) is 5.75 Å². The Hall–Kier alpha value is -1.93. The summed E-state index contributed by atoms with van der Waals surface area (Å²) in [6.45, 7) is 3.51. The van der Waals surface area contributed by atoms with Crippen LogP contribution >= 0.6 is 0 Å². The molecule has 2 aromatic rings. The highest BCUT2D eigenvalue weighted by atomic mass is 32.2. The third-order valence-corrected chi connectivity index (χ3v) is 5.71. The van der Waals surface area contributed by atoms with E-state index in [1.54, 1.807) is 25.5 Å². The van der Waals surface area contributed by atoms with E-state index in [2.05, 4.69) is 10.1 Å². The molecule has 124 valence electrons. The first-order valence-corrected chi connectivity index (χ1v) is 9.20. The van der Waals surface area contributed by atoms with Crippen LogP contribution in [0, 0.1) is 5.92 Å². The van der Waals surface area contributed by atoms with Gasteiger partial charge in [0.25, 0.3) is 0 Å². The van der Waals surface area contributed by atoms with Crippen molar-refractivity contribution in [3.8, 4) is 5.75 Å². The normalized spacial score (nSPS) is 19.1. The molecule has 3 heterocycles. The summed E-state index contributed by atoms with van der Waals surface area (Å²) in [5.41, 5.74) is 0.908. The lowest BCUT2D eigenvalue weighted by Gasteiger charge is -2.23. The number of hydrogen-bond donors (Lipinski definition) is 0. The summed E-state index contributed by atoms with van der Waals surface area (Å²) < 4.78 is 33.8. The maximum absolute atomic E-state index is 12.3. The van der Waals surface area contributed by atoms with E-state index in [1.165, 1.54) is 4.31 Å². The standard InChI is InChI=1S/C15H20N4O3S/c1-2-23(20,21)18-9-13(10-19-14(11-18)5-7-17-19)12-22-15-4-3-6-16-8-15/h3-8,13H,2,9-12H2,1H3. The first-order valence-electron chi connectivity index (χ1n) is 7.60. The minimum Gasteiger partial charge on any atom is -0.492 e. The molecule has 0 aromatic carbocycles. The molecule has 0 radical (unpaired) electrons. The average Bonchev–Trinajstić information content (AvgIpc) is 2.91. The van der Waals surface area contributed by atoms with Crippen molar-refractivity contribution in [3.63, 3.8) is 0 Å². The largest absolute Gasteiger partial charge is 0.492 e. The van der Waals surface area contributed by atoms with E-state index < -0.39 is 10.0 Å². The van der Waals surface area contributed by atoms with Crippen LogP contribution in [0.1, 0.15) is 12.6 Å². The van der Waals surface area contributed by atoms with Gasteiger partial charge in [0, 0.05) is 31.4 Å². The zero-order valence-corrected chi connectivity index (χ0v) is 13.8. The Morgan fingerprint density at radius 3 is 2.91 bits per heavy atom. The van der Waals surface area contributed by atoms with Crippen LogP contribution in [0.25, 0.3) is 0 Å². The molecular formula is C15H20N4O3S. The predicted molar refractivity (Wildman–Crippen MR) is 85.3 cm³/mol. The molecule has 1 aliphatic heterocycles. The molecule has 0 saturated heterocycles. The first-order chi connectivity index (χ1) is 11.1. The maximum atomic E-state index is 12.3. The van der Waals surface area contributed by atoms with Crippen molar-refractivity contribution in [2.75, 3.05) is 18.9 Å². The molecule has 0 fully saturated rings. The number of nitrogens with zero attached hydrogens (tertiary/aromatic N) is 4. The summed E-state index contributed by atoms with van der Waals surface area (Å²) in [5.74, 6) is 0.803. The van der Waals surface area contributed by atoms with Crippen LogP contribution in [0.15, 0.2) is 36.8 Å². The minimum absolute atomic E-state index is 0.0256. The lowest BCUT2D eigenvalue weighted by atomic mass is 10.1. The summed E-state index contributed by atoms with van der Waals surface area (Å²) in [5, 5.41) is 4.29. The maximum Gasteiger partial charge on any atom is 0.214 e. The topological polar surface area (TPSA) is 77.3 Å². The zero-order valence-electron chi connectivity index (χ0n) is 13.0. The van der Waals surface area contributed by atoms with Gasteiger partial charge < -0.3 is 4.74 Å². The van der Waals surface area contributed by atoms with E-state index >= 15 is 0 Å². The van der Waals surface area contributed by atoms with Gasteiger partial charge in [-0.3, -0.25) is 9.67 Å². The molecule has 0 spiro atoms. The molecule has 1 unspecified atom stereocenters. The second-order valence-corrected chi connectivity index (χ2v) is 7.82. The number of fused-ring (bicyclic) bond motifs is 1. The monoisotopic (exact) mass is 336 g/mol. The summed E-state index contributed by atoms with van der Waals surface area (Å²) in [6.07, 6.45) is 5.04. The Morgan fingerprint density at radius 2 is 2.17 bits per heavy atom. The number of rotatable bonds is 5. The van der Waals surface area contributed by atoms with Gasteiger partial charge >= 0.3 is 0 Å². The van der Waals surface area contributed by atoms with Gasteiger partial charge in [-0.1, -0.05) is 0 Å². The molecule has 0 aliphatic carbocycles. The fraction of sp³-hybridized carbons (Fsp3) is 0.467. The van der Waals surface area contributed by atoms with Crippen molar-refractivity contribution in [2.45, 2.75) is 20.0 Å². The number of hydrogen-bond acceptors (Lipinski definition) is 5. The molecule has 0 bridgehead atoms. The van der Waals surface area contributed by atoms with Gasteiger partial charge in [-0.05, 0) is 25.1 Å². The quantitative estimate of drug-likeness (QED) is 0.818. The van der Waals surface area contributed by atoms with E-state index in [0.717, 1.165) is 5.69 Å². The number of aromatic nitrogens is 3. The molecule has 1 aliphatic rings. The van der Waals surface area contributed by atoms with Crippen molar-refractivity contribution in [1.82, 2.24) is 19.1 Å². The smallest absolute Gasteiger partial charge is 0.214 e. The third kappa shape index (κ3) is 3.70. The molecule has 8 heteroatoms. The Balaban J connectivity index is 1.77. The van der Waals surface area contributed by atoms with Crippen molar-refractivity contribution >= 4 is 10.0 Å². The molecule has 0 amide bonds. The van der Waals surface area contributed by atoms with Crippen LogP contribution < -0.4 is 4.74 Å². The van der Waals surface area contributed by atoms with Crippen molar-refractivity contribution in [2.24, 2.45) is 5.92 Å². The second kappa shape index (κ2) is 6.67. The van der Waals surface area contributed by atoms with Gasteiger partial charge in [-0.25, -0.2) is 8.42 Å². The highest BCUT2D eigenvalue weighted by molar-refractivity contribution is 7.89. The van der Waals surface area contributed by atoms with Gasteiger partial charge in [-0.15, -0.1) is 0 Å². The fourth-order valence-corrected chi connectivity index (χ4v) is 3.77. The Kier molecular flexibility index (Phi) is 4.63. The summed E-state index contributed by atoms with van der Waals surface area (Å²) in [7, 11) is -3.26. The van der Waals surface area contributed by atoms with Gasteiger partial charge in [0.1, 0.15) is 5.75 Å². The van der Waals surface area contributed by atoms with Crippen molar-refractivity contribution in [3.05, 3.63) is 42.5 Å². The Bertz CT molecular complexity index is 745. The van der Waals surface area contributed by atoms with E-state index in [-0.39, 0.29) is 11.7 Å². The van der Waals surface area contributed by atoms with Gasteiger partial charge in [0.2, 0.25) is 10.0 Å². The molecule has 0 N–H and O–H groups in total. The molecule has 0 saturated carbocycles. The molecule has 23 heavy (non-hydrogen) atoms. The van der Waals surface area contributed by atoms with E-state index in [4.69, 9.17) is 4.74 Å². The minimum atomic E-state index is -3.26. The molecule has 3 rings (SSSR count). The lowest BCUT2D eigenvalue weighted by molar-refractivity contribution is 0.209. The van der Waals surface area contributed by atoms with E-state index in [0.29, 0.717) is 32.0 Å². The second-order valence-electron chi connectivity index (χ2n) is 5.56. The predicted octanol–water partition coefficient (Wildman–Crippen LogP) is 1.14. The van der Waals surface area contributed by atoms with Crippen molar-refractivity contribution < 1.29 is 13.2 Å². The first kappa shape index (κ1) is 15.9. The highest BCUT2D eigenvalue weighted by Crippen LogP contribution is 2.20. The SMILES string of the molecule is CCS(=O)(=O)N1Cc2ccnn2CC(COc2cccnc2)C1. The molecule has 1 atom stereocenters.